The zero-order valence-corrected chi connectivity index (χ0v) is 12.6. The topological polar surface area (TPSA) is 59.4 Å². The Morgan fingerprint density at radius 3 is 2.85 bits per heavy atom. The molecule has 0 aliphatic carbocycles. The molecule has 0 bridgehead atoms. The van der Waals surface area contributed by atoms with Crippen LogP contribution in [0.2, 0.25) is 0 Å². The van der Waals surface area contributed by atoms with E-state index in [1.807, 2.05) is 29.8 Å². The van der Waals surface area contributed by atoms with Gasteiger partial charge < -0.3 is 19.5 Å². The van der Waals surface area contributed by atoms with Gasteiger partial charge in [0, 0.05) is 39.0 Å². The van der Waals surface area contributed by atoms with Crippen molar-refractivity contribution in [1.82, 2.24) is 19.8 Å². The number of ether oxygens (including phenoxy) is 1. The van der Waals surface area contributed by atoms with E-state index in [4.69, 9.17) is 4.74 Å². The highest BCUT2D eigenvalue weighted by atomic mass is 16.5. The van der Waals surface area contributed by atoms with E-state index in [2.05, 4.69) is 17.2 Å². The monoisotopic (exact) mass is 280 g/mol. The normalized spacial score (nSPS) is 16.4. The third kappa shape index (κ3) is 3.19. The molecule has 1 aliphatic heterocycles. The molecule has 20 heavy (non-hydrogen) atoms. The fraction of sp³-hybridized carbons (Fsp3) is 0.714. The summed E-state index contributed by atoms with van der Waals surface area (Å²) in [5.74, 6) is 0.903. The van der Waals surface area contributed by atoms with Crippen molar-refractivity contribution in [2.45, 2.75) is 38.9 Å². The van der Waals surface area contributed by atoms with Gasteiger partial charge >= 0.3 is 0 Å². The number of nitrogens with zero attached hydrogens (tertiary/aromatic N) is 3. The molecule has 0 atom stereocenters. The molecule has 6 nitrogen and oxygen atoms in total. The largest absolute Gasteiger partial charge is 0.381 e. The summed E-state index contributed by atoms with van der Waals surface area (Å²) in [5, 5.41) is 3.08. The molecule has 2 heterocycles. The molecule has 1 saturated heterocycles. The minimum atomic E-state index is 0.00135. The Labute approximate surface area is 120 Å². The Bertz CT molecular complexity index is 452. The number of carbonyl (C=O) groups is 1. The van der Waals surface area contributed by atoms with E-state index in [9.17, 15) is 4.79 Å². The van der Waals surface area contributed by atoms with Crippen LogP contribution in [0.4, 0.5) is 0 Å². The summed E-state index contributed by atoms with van der Waals surface area (Å²) in [5.41, 5.74) is 0.533. The maximum absolute atomic E-state index is 12.5. The molecule has 2 rings (SSSR count). The Balaban J connectivity index is 2.11. The number of imidazole rings is 1. The Kier molecular flexibility index (Phi) is 5.14. The summed E-state index contributed by atoms with van der Waals surface area (Å²) in [6, 6.07) is 0.260. The van der Waals surface area contributed by atoms with Crippen LogP contribution in [-0.2, 0) is 17.8 Å². The number of hydrogen-bond donors (Lipinski definition) is 1. The molecule has 6 heteroatoms. The number of hydrogen-bond acceptors (Lipinski definition) is 4. The quantitative estimate of drug-likeness (QED) is 0.869. The molecule has 112 valence electrons. The maximum Gasteiger partial charge on any atom is 0.274 e. The third-order valence-corrected chi connectivity index (χ3v) is 3.81. The van der Waals surface area contributed by atoms with E-state index >= 15 is 0 Å². The first-order valence-electron chi connectivity index (χ1n) is 7.23. The molecular formula is C14H24N4O2. The summed E-state index contributed by atoms with van der Waals surface area (Å²) in [6.45, 7) is 5.01. The fourth-order valence-electron chi connectivity index (χ4n) is 2.55. The lowest BCUT2D eigenvalue weighted by Crippen LogP contribution is -2.40. The predicted molar refractivity (Wildman–Crippen MR) is 76.6 cm³/mol. The van der Waals surface area contributed by atoms with Crippen LogP contribution >= 0.6 is 0 Å². The van der Waals surface area contributed by atoms with Crippen LogP contribution in [0.25, 0.3) is 0 Å². The van der Waals surface area contributed by atoms with Gasteiger partial charge in [-0.1, -0.05) is 0 Å². The summed E-state index contributed by atoms with van der Waals surface area (Å²) in [4.78, 5) is 18.8. The van der Waals surface area contributed by atoms with E-state index in [0.29, 0.717) is 12.2 Å². The van der Waals surface area contributed by atoms with Gasteiger partial charge in [0.15, 0.2) is 0 Å². The summed E-state index contributed by atoms with van der Waals surface area (Å²) in [7, 11) is 3.74. The molecule has 0 spiro atoms. The third-order valence-electron chi connectivity index (χ3n) is 3.81. The molecule has 0 aromatic carbocycles. The van der Waals surface area contributed by atoms with E-state index in [-0.39, 0.29) is 11.9 Å². The zero-order chi connectivity index (χ0) is 14.5. The SMILES string of the molecule is CCn1cc(C(=O)N(C)C2CCOCC2)nc1CNC. The molecule has 0 unspecified atom stereocenters. The smallest absolute Gasteiger partial charge is 0.274 e. The highest BCUT2D eigenvalue weighted by Gasteiger charge is 2.25. The number of carbonyl (C=O) groups excluding carboxylic acids is 1. The minimum Gasteiger partial charge on any atom is -0.381 e. The molecule has 1 aromatic heterocycles. The van der Waals surface area contributed by atoms with Crippen molar-refractivity contribution in [2.75, 3.05) is 27.3 Å². The van der Waals surface area contributed by atoms with Crippen LogP contribution < -0.4 is 5.32 Å². The van der Waals surface area contributed by atoms with Gasteiger partial charge in [-0.25, -0.2) is 4.98 Å². The van der Waals surface area contributed by atoms with Gasteiger partial charge in [0.2, 0.25) is 0 Å². The molecular weight excluding hydrogens is 256 g/mol. The number of nitrogens with one attached hydrogen (secondary N) is 1. The average Bonchev–Trinajstić information content (AvgIpc) is 2.90. The Morgan fingerprint density at radius 2 is 2.25 bits per heavy atom. The van der Waals surface area contributed by atoms with E-state index in [1.54, 1.807) is 0 Å². The lowest BCUT2D eigenvalue weighted by atomic mass is 10.1. The first-order chi connectivity index (χ1) is 9.67. The van der Waals surface area contributed by atoms with Crippen LogP contribution in [0.1, 0.15) is 36.1 Å². The van der Waals surface area contributed by atoms with Gasteiger partial charge in [-0.05, 0) is 26.8 Å². The van der Waals surface area contributed by atoms with Crippen LogP contribution in [0, 0.1) is 0 Å². The molecule has 0 radical (unpaired) electrons. The predicted octanol–water partition coefficient (Wildman–Crippen LogP) is 0.873. The number of rotatable bonds is 5. The van der Waals surface area contributed by atoms with E-state index < -0.39 is 0 Å². The Hall–Kier alpha value is -1.40. The van der Waals surface area contributed by atoms with Crippen molar-refractivity contribution in [3.05, 3.63) is 17.7 Å². The molecule has 1 aliphatic rings. The number of aryl methyl sites for hydroxylation is 1. The van der Waals surface area contributed by atoms with Crippen molar-refractivity contribution in [1.29, 1.82) is 0 Å². The van der Waals surface area contributed by atoms with Gasteiger partial charge in [-0.3, -0.25) is 4.79 Å². The minimum absolute atomic E-state index is 0.00135. The molecule has 1 amide bonds. The lowest BCUT2D eigenvalue weighted by molar-refractivity contribution is 0.0359. The highest BCUT2D eigenvalue weighted by Crippen LogP contribution is 2.16. The second-order valence-electron chi connectivity index (χ2n) is 5.12. The van der Waals surface area contributed by atoms with Crippen LogP contribution in [-0.4, -0.2) is 53.7 Å². The summed E-state index contributed by atoms with van der Waals surface area (Å²) in [6.07, 6.45) is 3.66. The van der Waals surface area contributed by atoms with Gasteiger partial charge in [-0.15, -0.1) is 0 Å². The van der Waals surface area contributed by atoms with E-state index in [1.165, 1.54) is 0 Å². The van der Waals surface area contributed by atoms with Crippen LogP contribution in [0.15, 0.2) is 6.20 Å². The Morgan fingerprint density at radius 1 is 1.55 bits per heavy atom. The second-order valence-corrected chi connectivity index (χ2v) is 5.12. The van der Waals surface area contributed by atoms with Gasteiger partial charge in [0.25, 0.3) is 5.91 Å². The first kappa shape index (κ1) is 15.0. The van der Waals surface area contributed by atoms with Gasteiger partial charge in [0.05, 0.1) is 6.54 Å². The fourth-order valence-corrected chi connectivity index (χ4v) is 2.55. The van der Waals surface area contributed by atoms with Gasteiger partial charge in [-0.2, -0.15) is 0 Å². The first-order valence-corrected chi connectivity index (χ1v) is 7.23. The van der Waals surface area contributed by atoms with E-state index in [0.717, 1.165) is 38.4 Å². The van der Waals surface area contributed by atoms with Crippen molar-refractivity contribution < 1.29 is 9.53 Å². The van der Waals surface area contributed by atoms with Crippen molar-refractivity contribution >= 4 is 5.91 Å². The molecule has 0 saturated carbocycles. The maximum atomic E-state index is 12.5. The van der Waals surface area contributed by atoms with Crippen LogP contribution in [0.5, 0.6) is 0 Å². The van der Waals surface area contributed by atoms with Crippen molar-refractivity contribution in [3.63, 3.8) is 0 Å². The lowest BCUT2D eigenvalue weighted by Gasteiger charge is -2.30. The zero-order valence-electron chi connectivity index (χ0n) is 12.6. The van der Waals surface area contributed by atoms with Gasteiger partial charge in [0.1, 0.15) is 11.5 Å². The molecule has 1 fully saturated rings. The average molecular weight is 280 g/mol. The van der Waals surface area contributed by atoms with Crippen LogP contribution in [0.3, 0.4) is 0 Å². The molecule has 1 N–H and O–H groups in total. The molecule has 1 aromatic rings. The summed E-state index contributed by atoms with van der Waals surface area (Å²) >= 11 is 0. The summed E-state index contributed by atoms with van der Waals surface area (Å²) < 4.78 is 7.36. The standard InChI is InChI=1S/C14H24N4O2/c1-4-18-10-12(16-13(18)9-15-2)14(19)17(3)11-5-7-20-8-6-11/h10-11,15H,4-9H2,1-3H3. The highest BCUT2D eigenvalue weighted by molar-refractivity contribution is 5.92. The van der Waals surface area contributed by atoms with Crippen molar-refractivity contribution in [3.8, 4) is 0 Å². The second kappa shape index (κ2) is 6.85. The van der Waals surface area contributed by atoms with Crippen molar-refractivity contribution in [2.24, 2.45) is 0 Å². The number of aromatic nitrogens is 2. The number of amides is 1.